The molecule has 1 unspecified atom stereocenters. The Labute approximate surface area is 169 Å². The SMILES string of the molecule is CNC(=O)CCCC1ON(O)C(c2ccccc2)=C1c1ccc(S(N)(=O)=O)cc1. The summed E-state index contributed by atoms with van der Waals surface area (Å²) in [5.41, 5.74) is 2.61. The average Bonchev–Trinajstić information content (AvgIpc) is 3.04. The van der Waals surface area contributed by atoms with Crippen molar-refractivity contribution in [2.24, 2.45) is 5.14 Å². The lowest BCUT2D eigenvalue weighted by molar-refractivity contribution is -0.297. The first-order valence-corrected chi connectivity index (χ1v) is 10.6. The van der Waals surface area contributed by atoms with Crippen LogP contribution in [0.3, 0.4) is 0 Å². The van der Waals surface area contributed by atoms with E-state index in [4.69, 9.17) is 9.98 Å². The van der Waals surface area contributed by atoms with E-state index in [1.54, 1.807) is 19.2 Å². The molecule has 1 amide bonds. The monoisotopic (exact) mass is 417 g/mol. The number of benzene rings is 2. The highest BCUT2D eigenvalue weighted by Gasteiger charge is 2.34. The Kier molecular flexibility index (Phi) is 6.33. The summed E-state index contributed by atoms with van der Waals surface area (Å²) in [5.74, 6) is -0.0739. The zero-order valence-electron chi connectivity index (χ0n) is 15.9. The Bertz CT molecular complexity index is 1000. The fourth-order valence-corrected chi connectivity index (χ4v) is 3.78. The topological polar surface area (TPSA) is 122 Å². The second kappa shape index (κ2) is 8.75. The number of rotatable bonds is 7. The summed E-state index contributed by atoms with van der Waals surface area (Å²) in [4.78, 5) is 17.2. The fraction of sp³-hybridized carbons (Fsp3) is 0.250. The van der Waals surface area contributed by atoms with E-state index in [-0.39, 0.29) is 10.8 Å². The molecular weight excluding hydrogens is 394 g/mol. The van der Waals surface area contributed by atoms with E-state index in [0.717, 1.165) is 10.8 Å². The number of nitrogens with one attached hydrogen (secondary N) is 1. The van der Waals surface area contributed by atoms with Gasteiger partial charge in [0, 0.05) is 24.6 Å². The Morgan fingerprint density at radius 3 is 2.38 bits per heavy atom. The lowest BCUT2D eigenvalue weighted by atomic mass is 9.93. The van der Waals surface area contributed by atoms with Gasteiger partial charge in [-0.05, 0) is 30.5 Å². The molecule has 1 atom stereocenters. The number of hydrogen-bond acceptors (Lipinski definition) is 6. The van der Waals surface area contributed by atoms with Gasteiger partial charge in [-0.25, -0.2) is 18.4 Å². The van der Waals surface area contributed by atoms with Crippen molar-refractivity contribution < 1.29 is 23.3 Å². The molecule has 0 aromatic heterocycles. The number of nitrogens with zero attached hydrogens (tertiary/aromatic N) is 1. The number of primary sulfonamides is 1. The number of amides is 1. The molecule has 8 nitrogen and oxygen atoms in total. The second-order valence-electron chi connectivity index (χ2n) is 6.63. The van der Waals surface area contributed by atoms with E-state index in [1.807, 2.05) is 30.3 Å². The van der Waals surface area contributed by atoms with Crippen LogP contribution < -0.4 is 10.5 Å². The minimum absolute atomic E-state index is 0.000882. The van der Waals surface area contributed by atoms with Gasteiger partial charge in [0.2, 0.25) is 15.9 Å². The van der Waals surface area contributed by atoms with E-state index in [0.29, 0.717) is 36.1 Å². The van der Waals surface area contributed by atoms with Crippen LogP contribution in [0.15, 0.2) is 59.5 Å². The van der Waals surface area contributed by atoms with Crippen LogP contribution in [0.1, 0.15) is 30.4 Å². The molecule has 154 valence electrons. The van der Waals surface area contributed by atoms with Gasteiger partial charge < -0.3 is 5.32 Å². The summed E-state index contributed by atoms with van der Waals surface area (Å²) in [6.45, 7) is 0. The molecule has 29 heavy (non-hydrogen) atoms. The lowest BCUT2D eigenvalue weighted by Gasteiger charge is -2.14. The molecule has 2 aromatic rings. The van der Waals surface area contributed by atoms with Gasteiger partial charge in [-0.15, -0.1) is 5.23 Å². The molecule has 1 heterocycles. The molecule has 0 fully saturated rings. The third kappa shape index (κ3) is 4.83. The smallest absolute Gasteiger partial charge is 0.238 e. The van der Waals surface area contributed by atoms with Gasteiger partial charge in [0.1, 0.15) is 11.8 Å². The van der Waals surface area contributed by atoms with E-state index in [9.17, 15) is 18.4 Å². The quantitative estimate of drug-likeness (QED) is 0.634. The van der Waals surface area contributed by atoms with E-state index >= 15 is 0 Å². The Morgan fingerprint density at radius 1 is 1.14 bits per heavy atom. The second-order valence-corrected chi connectivity index (χ2v) is 8.19. The van der Waals surface area contributed by atoms with Crippen molar-refractivity contribution in [1.29, 1.82) is 0 Å². The van der Waals surface area contributed by atoms with Crippen LogP contribution in [-0.4, -0.2) is 37.9 Å². The van der Waals surface area contributed by atoms with Gasteiger partial charge in [-0.2, -0.15) is 0 Å². The highest BCUT2D eigenvalue weighted by molar-refractivity contribution is 7.89. The van der Waals surface area contributed by atoms with Crippen LogP contribution in [0.25, 0.3) is 11.3 Å². The van der Waals surface area contributed by atoms with Crippen molar-refractivity contribution in [3.05, 3.63) is 65.7 Å². The summed E-state index contributed by atoms with van der Waals surface area (Å²) < 4.78 is 23.1. The molecule has 1 aliphatic rings. The lowest BCUT2D eigenvalue weighted by Crippen LogP contribution is -2.20. The summed E-state index contributed by atoms with van der Waals surface area (Å²) in [5, 5.41) is 18.9. The van der Waals surface area contributed by atoms with Crippen LogP contribution in [0, 0.1) is 0 Å². The molecule has 1 aliphatic heterocycles. The molecule has 2 aromatic carbocycles. The number of sulfonamides is 1. The third-order valence-corrected chi connectivity index (χ3v) is 5.61. The number of carbonyl (C=O) groups is 1. The maximum absolute atomic E-state index is 11.6. The van der Waals surface area contributed by atoms with E-state index in [2.05, 4.69) is 5.32 Å². The van der Waals surface area contributed by atoms with Crippen LogP contribution in [-0.2, 0) is 19.7 Å². The number of carbonyl (C=O) groups excluding carboxylic acids is 1. The number of hydrogen-bond donors (Lipinski definition) is 3. The minimum Gasteiger partial charge on any atom is -0.359 e. The van der Waals surface area contributed by atoms with E-state index in [1.165, 1.54) is 12.1 Å². The average molecular weight is 417 g/mol. The predicted octanol–water partition coefficient (Wildman–Crippen LogP) is 2.12. The van der Waals surface area contributed by atoms with Crippen molar-refractivity contribution >= 4 is 27.2 Å². The largest absolute Gasteiger partial charge is 0.359 e. The van der Waals surface area contributed by atoms with Crippen molar-refractivity contribution in [2.75, 3.05) is 7.05 Å². The van der Waals surface area contributed by atoms with Gasteiger partial charge in [0.15, 0.2) is 0 Å². The van der Waals surface area contributed by atoms with Crippen LogP contribution in [0.2, 0.25) is 0 Å². The summed E-state index contributed by atoms with van der Waals surface area (Å²) >= 11 is 0. The van der Waals surface area contributed by atoms with Crippen molar-refractivity contribution in [3.63, 3.8) is 0 Å². The first kappa shape index (κ1) is 21.0. The molecule has 4 N–H and O–H groups in total. The van der Waals surface area contributed by atoms with Crippen LogP contribution >= 0.6 is 0 Å². The zero-order chi connectivity index (χ0) is 21.0. The van der Waals surface area contributed by atoms with Gasteiger partial charge in [0.25, 0.3) is 0 Å². The van der Waals surface area contributed by atoms with E-state index < -0.39 is 16.1 Å². The summed E-state index contributed by atoms with van der Waals surface area (Å²) in [6, 6.07) is 15.3. The standard InChI is InChI=1S/C20H23N3O5S/c1-22-18(24)9-5-8-17-19(14-10-12-16(13-11-14)29(21,26)27)20(23(25)28-17)15-6-3-2-4-7-15/h2-4,6-7,10-13,17,25H,5,8-9H2,1H3,(H,22,24)(H2,21,26,27). The normalized spacial score (nSPS) is 16.9. The van der Waals surface area contributed by atoms with Crippen molar-refractivity contribution in [2.45, 2.75) is 30.3 Å². The van der Waals surface area contributed by atoms with Crippen molar-refractivity contribution in [3.8, 4) is 0 Å². The maximum Gasteiger partial charge on any atom is 0.238 e. The van der Waals surface area contributed by atoms with Gasteiger partial charge in [-0.3, -0.25) is 10.0 Å². The highest BCUT2D eigenvalue weighted by Crippen LogP contribution is 2.40. The maximum atomic E-state index is 11.6. The zero-order valence-corrected chi connectivity index (χ0v) is 16.7. The third-order valence-electron chi connectivity index (χ3n) is 4.69. The van der Waals surface area contributed by atoms with Crippen LogP contribution in [0.4, 0.5) is 0 Å². The molecule has 9 heteroatoms. The Morgan fingerprint density at radius 2 is 1.79 bits per heavy atom. The van der Waals surface area contributed by atoms with Gasteiger partial charge in [-0.1, -0.05) is 42.5 Å². The van der Waals surface area contributed by atoms with Gasteiger partial charge in [0.05, 0.1) is 4.90 Å². The summed E-state index contributed by atoms with van der Waals surface area (Å²) in [7, 11) is -2.23. The molecule has 0 saturated heterocycles. The van der Waals surface area contributed by atoms with Crippen LogP contribution in [0.5, 0.6) is 0 Å². The molecular formula is C20H23N3O5S. The molecule has 0 saturated carbocycles. The predicted molar refractivity (Wildman–Crippen MR) is 107 cm³/mol. The first-order valence-electron chi connectivity index (χ1n) is 9.10. The highest BCUT2D eigenvalue weighted by atomic mass is 32.2. The Balaban J connectivity index is 2.00. The molecule has 0 radical (unpaired) electrons. The summed E-state index contributed by atoms with van der Waals surface area (Å²) in [6.07, 6.45) is 0.881. The molecule has 0 bridgehead atoms. The molecule has 3 rings (SSSR count). The first-order chi connectivity index (χ1) is 13.8. The minimum atomic E-state index is -3.81. The fourth-order valence-electron chi connectivity index (χ4n) is 3.26. The molecule has 0 spiro atoms. The number of nitrogens with two attached hydrogens (primary N) is 1. The molecule has 0 aliphatic carbocycles. The van der Waals surface area contributed by atoms with Gasteiger partial charge >= 0.3 is 0 Å². The Hall–Kier alpha value is -2.72. The number of hydroxylamine groups is 2. The van der Waals surface area contributed by atoms with Crippen molar-refractivity contribution in [1.82, 2.24) is 10.5 Å².